The van der Waals surface area contributed by atoms with Gasteiger partial charge >= 0.3 is 0 Å². The monoisotopic (exact) mass is 249 g/mol. The first-order chi connectivity index (χ1) is 8.81. The number of amides is 1. The predicted molar refractivity (Wildman–Crippen MR) is 67.2 cm³/mol. The highest BCUT2D eigenvalue weighted by molar-refractivity contribution is 5.92. The number of nitrogens with zero attached hydrogens (tertiary/aromatic N) is 3. The van der Waals surface area contributed by atoms with Crippen LogP contribution in [-0.4, -0.2) is 47.1 Å². The minimum Gasteiger partial charge on any atom is -0.381 e. The molecular formula is C13H19N3O2. The van der Waals surface area contributed by atoms with E-state index >= 15 is 0 Å². The Bertz CT molecular complexity index is 383. The number of rotatable bonds is 5. The lowest BCUT2D eigenvalue weighted by Crippen LogP contribution is -2.30. The van der Waals surface area contributed by atoms with Gasteiger partial charge in [0.2, 0.25) is 0 Å². The molecule has 1 amide bonds. The van der Waals surface area contributed by atoms with Gasteiger partial charge < -0.3 is 9.64 Å². The number of hydrogen-bond donors (Lipinski definition) is 0. The molecule has 98 valence electrons. The third-order valence-corrected chi connectivity index (χ3v) is 3.06. The van der Waals surface area contributed by atoms with E-state index in [-0.39, 0.29) is 5.91 Å². The van der Waals surface area contributed by atoms with Crippen molar-refractivity contribution in [1.82, 2.24) is 14.9 Å². The number of hydrogen-bond acceptors (Lipinski definition) is 4. The van der Waals surface area contributed by atoms with Crippen molar-refractivity contribution in [2.75, 3.05) is 26.3 Å². The Morgan fingerprint density at radius 1 is 1.56 bits per heavy atom. The van der Waals surface area contributed by atoms with Crippen molar-refractivity contribution in [3.63, 3.8) is 0 Å². The van der Waals surface area contributed by atoms with Crippen molar-refractivity contribution < 1.29 is 9.53 Å². The number of carbonyl (C=O) groups excluding carboxylic acids is 1. The van der Waals surface area contributed by atoms with Crippen LogP contribution in [0, 0.1) is 5.92 Å². The fourth-order valence-electron chi connectivity index (χ4n) is 2.12. The zero-order valence-corrected chi connectivity index (χ0v) is 10.7. The first-order valence-corrected chi connectivity index (χ1v) is 6.44. The van der Waals surface area contributed by atoms with Crippen LogP contribution in [0.5, 0.6) is 0 Å². The van der Waals surface area contributed by atoms with Gasteiger partial charge in [-0.25, -0.2) is 4.98 Å². The Morgan fingerprint density at radius 3 is 3.17 bits per heavy atom. The summed E-state index contributed by atoms with van der Waals surface area (Å²) in [4.78, 5) is 21.9. The summed E-state index contributed by atoms with van der Waals surface area (Å²) in [7, 11) is 0. The largest absolute Gasteiger partial charge is 0.381 e. The first kappa shape index (κ1) is 13.0. The average molecular weight is 249 g/mol. The highest BCUT2D eigenvalue weighted by Gasteiger charge is 2.27. The van der Waals surface area contributed by atoms with Crippen molar-refractivity contribution in [2.45, 2.75) is 19.8 Å². The molecule has 0 N–H and O–H groups in total. The summed E-state index contributed by atoms with van der Waals surface area (Å²) >= 11 is 0. The Hall–Kier alpha value is -1.49. The summed E-state index contributed by atoms with van der Waals surface area (Å²) < 4.78 is 5.53. The number of ether oxygens (including phenoxy) is 1. The van der Waals surface area contributed by atoms with Gasteiger partial charge in [-0.15, -0.1) is 0 Å². The van der Waals surface area contributed by atoms with Crippen LogP contribution in [0.3, 0.4) is 0 Å². The van der Waals surface area contributed by atoms with Crippen LogP contribution in [0.1, 0.15) is 30.3 Å². The van der Waals surface area contributed by atoms with Gasteiger partial charge in [-0.1, -0.05) is 6.92 Å². The first-order valence-electron chi connectivity index (χ1n) is 6.44. The second-order valence-corrected chi connectivity index (χ2v) is 4.57. The number of carbonyl (C=O) groups is 1. The molecule has 18 heavy (non-hydrogen) atoms. The van der Waals surface area contributed by atoms with Crippen LogP contribution < -0.4 is 0 Å². The molecule has 1 aliphatic rings. The van der Waals surface area contributed by atoms with Crippen LogP contribution in [0.4, 0.5) is 0 Å². The summed E-state index contributed by atoms with van der Waals surface area (Å²) in [6.45, 7) is 5.19. The lowest BCUT2D eigenvalue weighted by atomic mass is 10.1. The van der Waals surface area contributed by atoms with E-state index in [9.17, 15) is 4.79 Å². The van der Waals surface area contributed by atoms with E-state index in [2.05, 4.69) is 16.9 Å². The molecule has 0 aromatic carbocycles. The fourth-order valence-corrected chi connectivity index (χ4v) is 2.12. The summed E-state index contributed by atoms with van der Waals surface area (Å²) in [5.41, 5.74) is 0.424. The minimum atomic E-state index is -0.0268. The van der Waals surface area contributed by atoms with Crippen LogP contribution in [0.2, 0.25) is 0 Å². The SMILES string of the molecule is CCCOC[C@@H]1CCN(C(=O)c2cnccn2)C1. The van der Waals surface area contributed by atoms with E-state index in [0.717, 1.165) is 39.1 Å². The molecule has 0 radical (unpaired) electrons. The Morgan fingerprint density at radius 2 is 2.44 bits per heavy atom. The molecule has 1 aromatic heterocycles. The lowest BCUT2D eigenvalue weighted by molar-refractivity contribution is 0.0748. The molecule has 1 saturated heterocycles. The van der Waals surface area contributed by atoms with E-state index < -0.39 is 0 Å². The van der Waals surface area contributed by atoms with Gasteiger partial charge in [0.1, 0.15) is 5.69 Å². The third kappa shape index (κ3) is 3.26. The van der Waals surface area contributed by atoms with Crippen molar-refractivity contribution in [3.8, 4) is 0 Å². The van der Waals surface area contributed by atoms with Crippen molar-refractivity contribution >= 4 is 5.91 Å². The highest BCUT2D eigenvalue weighted by Crippen LogP contribution is 2.18. The van der Waals surface area contributed by atoms with Gasteiger partial charge in [0.05, 0.1) is 12.8 Å². The van der Waals surface area contributed by atoms with Crippen LogP contribution in [-0.2, 0) is 4.74 Å². The van der Waals surface area contributed by atoms with E-state index in [1.807, 2.05) is 4.90 Å². The van der Waals surface area contributed by atoms with Gasteiger partial charge in [0.15, 0.2) is 0 Å². The van der Waals surface area contributed by atoms with E-state index in [1.54, 1.807) is 12.4 Å². The number of likely N-dealkylation sites (tertiary alicyclic amines) is 1. The molecule has 0 bridgehead atoms. The third-order valence-electron chi connectivity index (χ3n) is 3.06. The molecule has 5 nitrogen and oxygen atoms in total. The molecule has 5 heteroatoms. The second-order valence-electron chi connectivity index (χ2n) is 4.57. The Labute approximate surface area is 107 Å². The Balaban J connectivity index is 1.83. The van der Waals surface area contributed by atoms with Crippen LogP contribution in [0.15, 0.2) is 18.6 Å². The topological polar surface area (TPSA) is 55.3 Å². The molecule has 2 heterocycles. The molecule has 1 aliphatic heterocycles. The molecule has 0 saturated carbocycles. The van der Waals surface area contributed by atoms with E-state index in [4.69, 9.17) is 4.74 Å². The fraction of sp³-hybridized carbons (Fsp3) is 0.615. The van der Waals surface area contributed by atoms with Gasteiger partial charge in [-0.3, -0.25) is 9.78 Å². The van der Waals surface area contributed by atoms with Gasteiger partial charge in [-0.2, -0.15) is 0 Å². The number of aromatic nitrogens is 2. The molecule has 2 rings (SSSR count). The van der Waals surface area contributed by atoms with Crippen molar-refractivity contribution in [3.05, 3.63) is 24.3 Å². The summed E-state index contributed by atoms with van der Waals surface area (Å²) in [6.07, 6.45) is 6.68. The van der Waals surface area contributed by atoms with Crippen LogP contribution in [0.25, 0.3) is 0 Å². The van der Waals surface area contributed by atoms with Gasteiger partial charge in [0.25, 0.3) is 5.91 Å². The van der Waals surface area contributed by atoms with Crippen molar-refractivity contribution in [2.24, 2.45) is 5.92 Å². The minimum absolute atomic E-state index is 0.0268. The molecule has 1 fully saturated rings. The summed E-state index contributed by atoms with van der Waals surface area (Å²) in [5.74, 6) is 0.429. The van der Waals surface area contributed by atoms with E-state index in [0.29, 0.717) is 11.6 Å². The quantitative estimate of drug-likeness (QED) is 0.739. The summed E-state index contributed by atoms with van der Waals surface area (Å²) in [5, 5.41) is 0. The lowest BCUT2D eigenvalue weighted by Gasteiger charge is -2.15. The molecule has 1 atom stereocenters. The van der Waals surface area contributed by atoms with Gasteiger partial charge in [-0.05, 0) is 12.8 Å². The maximum atomic E-state index is 12.1. The predicted octanol–water partition coefficient (Wildman–Crippen LogP) is 1.37. The normalized spacial score (nSPS) is 19.2. The molecule has 0 spiro atoms. The Kier molecular flexibility index (Phi) is 4.64. The van der Waals surface area contributed by atoms with Gasteiger partial charge in [0, 0.05) is 38.0 Å². The highest BCUT2D eigenvalue weighted by atomic mass is 16.5. The van der Waals surface area contributed by atoms with Crippen LogP contribution >= 0.6 is 0 Å². The molecular weight excluding hydrogens is 230 g/mol. The maximum Gasteiger partial charge on any atom is 0.274 e. The second kappa shape index (κ2) is 6.44. The molecule has 0 aliphatic carbocycles. The zero-order valence-electron chi connectivity index (χ0n) is 10.7. The zero-order chi connectivity index (χ0) is 12.8. The standard InChI is InChI=1S/C13H19N3O2/c1-2-7-18-10-11-3-6-16(9-11)13(17)12-8-14-4-5-15-12/h4-5,8,11H,2-3,6-7,9-10H2,1H3/t11-/m1/s1. The summed E-state index contributed by atoms with van der Waals surface area (Å²) in [6, 6.07) is 0. The smallest absolute Gasteiger partial charge is 0.274 e. The average Bonchev–Trinajstić information content (AvgIpc) is 2.88. The molecule has 1 aromatic rings. The maximum absolute atomic E-state index is 12.1. The van der Waals surface area contributed by atoms with Crippen molar-refractivity contribution in [1.29, 1.82) is 0 Å². The molecule has 0 unspecified atom stereocenters. The van der Waals surface area contributed by atoms with E-state index in [1.165, 1.54) is 6.20 Å².